The smallest absolute Gasteiger partial charge is 0.416 e. The predicted octanol–water partition coefficient (Wildman–Crippen LogP) is 6.62. The molecule has 0 bridgehead atoms. The Morgan fingerprint density at radius 2 is 1.83 bits per heavy atom. The summed E-state index contributed by atoms with van der Waals surface area (Å²) in [5, 5.41) is 9.76. The fourth-order valence-electron chi connectivity index (χ4n) is 3.28. The zero-order valence-electron chi connectivity index (χ0n) is 15.9. The molecule has 1 aromatic heterocycles. The first-order chi connectivity index (χ1) is 14.2. The molecule has 1 aliphatic carbocycles. The van der Waals surface area contributed by atoms with Crippen LogP contribution in [-0.2, 0) is 16.7 Å². The Morgan fingerprint density at radius 3 is 2.40 bits per heavy atom. The van der Waals surface area contributed by atoms with Crippen LogP contribution in [0.4, 0.5) is 13.2 Å². The van der Waals surface area contributed by atoms with Crippen molar-refractivity contribution in [3.63, 3.8) is 0 Å². The molecule has 4 rings (SSSR count). The van der Waals surface area contributed by atoms with Gasteiger partial charge in [0, 0.05) is 21.1 Å². The lowest BCUT2D eigenvalue weighted by atomic mass is 10.1. The van der Waals surface area contributed by atoms with E-state index >= 15 is 0 Å². The number of benzene rings is 2. The van der Waals surface area contributed by atoms with Gasteiger partial charge in [0.2, 0.25) is 0 Å². The monoisotopic (exact) mass is 449 g/mol. The van der Waals surface area contributed by atoms with Crippen LogP contribution in [0.3, 0.4) is 0 Å². The third-order valence-corrected chi connectivity index (χ3v) is 7.57. The van der Waals surface area contributed by atoms with Crippen molar-refractivity contribution < 1.29 is 23.1 Å². The summed E-state index contributed by atoms with van der Waals surface area (Å²) in [6.45, 7) is 1.90. The third-order valence-electron chi connectivity index (χ3n) is 5.14. The minimum absolute atomic E-state index is 0.122. The van der Waals surface area contributed by atoms with E-state index in [1.54, 1.807) is 11.8 Å². The quantitative estimate of drug-likeness (QED) is 0.430. The molecule has 1 fully saturated rings. The maximum absolute atomic E-state index is 12.7. The standard InChI is InChI=1S/C22H18F3NO2S2/c1-12-19(30-20(26-12)14-2-6-15(7-3-14)22(23,24)25)11-29-16-8-4-13(5-9-16)17-10-18(17)21(27)28/h2-9,17-18H,10-11H2,1H3,(H,27,28)/t17-,18?/m0/s1. The summed E-state index contributed by atoms with van der Waals surface area (Å²) >= 11 is 3.14. The van der Waals surface area contributed by atoms with Crippen molar-refractivity contribution in [1.29, 1.82) is 0 Å². The highest BCUT2D eigenvalue weighted by atomic mass is 32.2. The van der Waals surface area contributed by atoms with E-state index in [4.69, 9.17) is 5.11 Å². The van der Waals surface area contributed by atoms with E-state index in [2.05, 4.69) is 4.98 Å². The molecule has 1 N–H and O–H groups in total. The molecule has 0 spiro atoms. The van der Waals surface area contributed by atoms with Gasteiger partial charge < -0.3 is 5.11 Å². The number of thiazole rings is 1. The molecule has 0 aliphatic heterocycles. The van der Waals surface area contributed by atoms with Gasteiger partial charge in [0.15, 0.2) is 0 Å². The van der Waals surface area contributed by atoms with Gasteiger partial charge in [-0.2, -0.15) is 13.2 Å². The number of aromatic nitrogens is 1. The van der Waals surface area contributed by atoms with E-state index in [9.17, 15) is 18.0 Å². The van der Waals surface area contributed by atoms with Crippen LogP contribution in [0.2, 0.25) is 0 Å². The third kappa shape index (κ3) is 4.54. The summed E-state index contributed by atoms with van der Waals surface area (Å²) in [4.78, 5) is 17.7. The maximum atomic E-state index is 12.7. The molecule has 2 aromatic carbocycles. The van der Waals surface area contributed by atoms with Gasteiger partial charge in [0.25, 0.3) is 0 Å². The molecule has 1 saturated carbocycles. The van der Waals surface area contributed by atoms with Gasteiger partial charge >= 0.3 is 12.1 Å². The number of halogens is 3. The molecular formula is C22H18F3NO2S2. The zero-order chi connectivity index (χ0) is 21.5. The van der Waals surface area contributed by atoms with E-state index in [0.29, 0.717) is 22.7 Å². The van der Waals surface area contributed by atoms with E-state index in [0.717, 1.165) is 33.2 Å². The maximum Gasteiger partial charge on any atom is 0.416 e. The highest BCUT2D eigenvalue weighted by molar-refractivity contribution is 7.98. The van der Waals surface area contributed by atoms with Gasteiger partial charge in [-0.3, -0.25) is 4.79 Å². The first kappa shape index (κ1) is 20.9. The molecule has 30 heavy (non-hydrogen) atoms. The number of hydrogen-bond donors (Lipinski definition) is 1. The average Bonchev–Trinajstić information content (AvgIpc) is 3.43. The second kappa shape index (κ2) is 8.07. The number of aliphatic carboxylic acids is 1. The number of alkyl halides is 3. The Morgan fingerprint density at radius 1 is 1.17 bits per heavy atom. The van der Waals surface area contributed by atoms with Crippen molar-refractivity contribution in [2.24, 2.45) is 5.92 Å². The molecule has 2 atom stereocenters. The summed E-state index contributed by atoms with van der Waals surface area (Å²) in [7, 11) is 0. The number of carbonyl (C=O) groups is 1. The Balaban J connectivity index is 1.40. The lowest BCUT2D eigenvalue weighted by Crippen LogP contribution is -2.03. The molecule has 1 unspecified atom stereocenters. The average molecular weight is 450 g/mol. The lowest BCUT2D eigenvalue weighted by molar-refractivity contribution is -0.139. The zero-order valence-corrected chi connectivity index (χ0v) is 17.6. The highest BCUT2D eigenvalue weighted by Crippen LogP contribution is 2.47. The first-order valence-electron chi connectivity index (χ1n) is 9.32. The molecule has 3 aromatic rings. The fraction of sp³-hybridized carbons (Fsp3) is 0.273. The summed E-state index contributed by atoms with van der Waals surface area (Å²) in [6.07, 6.45) is -3.64. The number of thioether (sulfide) groups is 1. The summed E-state index contributed by atoms with van der Waals surface area (Å²) < 4.78 is 38.2. The molecule has 1 heterocycles. The molecule has 0 saturated heterocycles. The van der Waals surface area contributed by atoms with Gasteiger partial charge in [-0.1, -0.05) is 24.3 Å². The van der Waals surface area contributed by atoms with Crippen LogP contribution in [0, 0.1) is 12.8 Å². The van der Waals surface area contributed by atoms with E-state index < -0.39 is 17.7 Å². The van der Waals surface area contributed by atoms with E-state index in [-0.39, 0.29) is 11.8 Å². The molecule has 3 nitrogen and oxygen atoms in total. The van der Waals surface area contributed by atoms with Gasteiger partial charge in [-0.15, -0.1) is 23.1 Å². The Hall–Kier alpha value is -2.32. The topological polar surface area (TPSA) is 50.2 Å². The Bertz CT molecular complexity index is 1060. The number of carboxylic acids is 1. The van der Waals surface area contributed by atoms with Crippen LogP contribution in [0.25, 0.3) is 10.6 Å². The SMILES string of the molecule is Cc1nc(-c2ccc(C(F)(F)F)cc2)sc1CSc1ccc([C@@H]2CC2C(=O)O)cc1. The van der Waals surface area contributed by atoms with Crippen LogP contribution in [0.15, 0.2) is 53.4 Å². The van der Waals surface area contributed by atoms with Gasteiger partial charge in [-0.05, 0) is 49.1 Å². The van der Waals surface area contributed by atoms with Crippen molar-refractivity contribution in [1.82, 2.24) is 4.98 Å². The molecule has 156 valence electrons. The van der Waals surface area contributed by atoms with Crippen molar-refractivity contribution >= 4 is 29.1 Å². The largest absolute Gasteiger partial charge is 0.481 e. The van der Waals surface area contributed by atoms with Crippen molar-refractivity contribution in [3.05, 3.63) is 70.2 Å². The molecule has 0 amide bonds. The van der Waals surface area contributed by atoms with E-state index in [1.165, 1.54) is 23.5 Å². The molecule has 8 heteroatoms. The van der Waals surface area contributed by atoms with E-state index in [1.807, 2.05) is 31.2 Å². The number of nitrogens with zero attached hydrogens (tertiary/aromatic N) is 1. The van der Waals surface area contributed by atoms with Gasteiger partial charge in [0.1, 0.15) is 5.01 Å². The summed E-state index contributed by atoms with van der Waals surface area (Å²) in [5.41, 5.74) is 1.94. The second-order valence-electron chi connectivity index (χ2n) is 7.25. The fourth-order valence-corrected chi connectivity index (χ4v) is 5.39. The predicted molar refractivity (Wildman–Crippen MR) is 112 cm³/mol. The van der Waals surface area contributed by atoms with Gasteiger partial charge in [0.05, 0.1) is 17.2 Å². The second-order valence-corrected chi connectivity index (χ2v) is 9.38. The number of rotatable bonds is 6. The molecule has 1 aliphatic rings. The Kier molecular flexibility index (Phi) is 5.63. The van der Waals surface area contributed by atoms with Crippen LogP contribution >= 0.6 is 23.1 Å². The molecular weight excluding hydrogens is 431 g/mol. The van der Waals surface area contributed by atoms with Crippen LogP contribution in [0.1, 0.15) is 34.0 Å². The summed E-state index contributed by atoms with van der Waals surface area (Å²) in [5.74, 6) is -0.156. The van der Waals surface area contributed by atoms with Crippen molar-refractivity contribution in [2.45, 2.75) is 36.1 Å². The minimum Gasteiger partial charge on any atom is -0.481 e. The summed E-state index contributed by atoms with van der Waals surface area (Å²) in [6, 6.07) is 13.1. The van der Waals surface area contributed by atoms with Crippen LogP contribution in [0.5, 0.6) is 0 Å². The minimum atomic E-state index is -4.34. The number of hydrogen-bond acceptors (Lipinski definition) is 4. The first-order valence-corrected chi connectivity index (χ1v) is 11.1. The van der Waals surface area contributed by atoms with Crippen LogP contribution in [-0.4, -0.2) is 16.1 Å². The normalized spacial score (nSPS) is 18.4. The highest BCUT2D eigenvalue weighted by Gasteiger charge is 2.44. The molecule has 0 radical (unpaired) electrons. The number of aryl methyl sites for hydroxylation is 1. The van der Waals surface area contributed by atoms with Crippen molar-refractivity contribution in [2.75, 3.05) is 0 Å². The van der Waals surface area contributed by atoms with Crippen LogP contribution < -0.4 is 0 Å². The Labute approximate surface area is 180 Å². The lowest BCUT2D eigenvalue weighted by Gasteiger charge is -2.06. The van der Waals surface area contributed by atoms with Crippen molar-refractivity contribution in [3.8, 4) is 10.6 Å². The number of carboxylic acid groups (broad SMARTS) is 1. The van der Waals surface area contributed by atoms with Gasteiger partial charge in [-0.25, -0.2) is 4.98 Å².